The number of anilines is 1. The number of hydrogen-bond donors (Lipinski definition) is 2. The molecule has 3 aromatic rings. The average Bonchev–Trinajstić information content (AvgIpc) is 2.99. The van der Waals surface area contributed by atoms with Crippen molar-refractivity contribution in [2.24, 2.45) is 12.8 Å². The average molecular weight is 387 g/mol. The summed E-state index contributed by atoms with van der Waals surface area (Å²) in [6.45, 7) is 0. The summed E-state index contributed by atoms with van der Waals surface area (Å²) in [5, 5.41) is 6.52. The van der Waals surface area contributed by atoms with Gasteiger partial charge in [0.2, 0.25) is 0 Å². The molecule has 138 valence electrons. The molecule has 2 aromatic heterocycles. The fraction of sp³-hybridized carbons (Fsp3) is 0.118. The van der Waals surface area contributed by atoms with Gasteiger partial charge in [-0.25, -0.2) is 14.1 Å². The molecule has 0 saturated carbocycles. The molecule has 0 bridgehead atoms. The van der Waals surface area contributed by atoms with Crippen molar-refractivity contribution in [3.63, 3.8) is 0 Å². The zero-order chi connectivity index (χ0) is 19.6. The molecule has 0 fully saturated rings. The van der Waals surface area contributed by atoms with Gasteiger partial charge in [-0.15, -0.1) is 11.3 Å². The van der Waals surface area contributed by atoms with Gasteiger partial charge in [-0.3, -0.25) is 19.7 Å². The van der Waals surface area contributed by atoms with Crippen molar-refractivity contribution in [3.8, 4) is 0 Å². The highest BCUT2D eigenvalue weighted by molar-refractivity contribution is 7.16. The smallest absolute Gasteiger partial charge is 0.277 e. The number of nitrogens with two attached hydrogens (primary N) is 1. The molecule has 0 radical (unpaired) electrons. The number of hydrogen-bond acceptors (Lipinski definition) is 6. The zero-order valence-corrected chi connectivity index (χ0v) is 14.9. The molecule has 0 aliphatic rings. The normalized spacial score (nSPS) is 10.6. The van der Waals surface area contributed by atoms with E-state index in [1.165, 1.54) is 31.3 Å². The molecule has 1 aromatic carbocycles. The number of rotatable bonds is 5. The van der Waals surface area contributed by atoms with Crippen molar-refractivity contribution in [1.82, 2.24) is 14.8 Å². The molecule has 0 spiro atoms. The minimum atomic E-state index is -0.751. The van der Waals surface area contributed by atoms with Gasteiger partial charge in [-0.1, -0.05) is 12.1 Å². The summed E-state index contributed by atoms with van der Waals surface area (Å²) in [7, 11) is 1.42. The summed E-state index contributed by atoms with van der Waals surface area (Å²) in [4.78, 5) is 39.8. The Labute approximate surface area is 156 Å². The standard InChI is InChI=1S/C17H14FN5O3S/c1-23-13(24)6-5-11(22-23)16(26)21-17-20-14(15(19)25)12(27-17)8-9-3-2-4-10(18)7-9/h2-7H,8H2,1H3,(H2,19,25)(H,20,21,26). The lowest BCUT2D eigenvalue weighted by Gasteiger charge is -2.02. The van der Waals surface area contributed by atoms with Crippen molar-refractivity contribution in [2.45, 2.75) is 6.42 Å². The summed E-state index contributed by atoms with van der Waals surface area (Å²) < 4.78 is 14.4. The van der Waals surface area contributed by atoms with Gasteiger partial charge in [0, 0.05) is 24.4 Å². The van der Waals surface area contributed by atoms with E-state index >= 15 is 0 Å². The van der Waals surface area contributed by atoms with E-state index in [1.54, 1.807) is 12.1 Å². The second kappa shape index (κ2) is 7.46. The summed E-state index contributed by atoms with van der Waals surface area (Å²) in [5.74, 6) is -1.74. The monoisotopic (exact) mass is 387 g/mol. The fourth-order valence-corrected chi connectivity index (χ4v) is 3.33. The number of carbonyl (C=O) groups is 2. The molecular weight excluding hydrogens is 373 g/mol. The van der Waals surface area contributed by atoms with Crippen LogP contribution in [0, 0.1) is 5.82 Å². The highest BCUT2D eigenvalue weighted by Gasteiger charge is 2.19. The number of aryl methyl sites for hydroxylation is 1. The number of nitrogens with zero attached hydrogens (tertiary/aromatic N) is 3. The Balaban J connectivity index is 1.86. The van der Waals surface area contributed by atoms with E-state index in [0.29, 0.717) is 10.4 Å². The molecule has 0 atom stereocenters. The minimum Gasteiger partial charge on any atom is -0.364 e. The number of halogens is 1. The first-order valence-corrected chi connectivity index (χ1v) is 8.55. The van der Waals surface area contributed by atoms with Crippen LogP contribution in [0.5, 0.6) is 0 Å². The van der Waals surface area contributed by atoms with E-state index in [-0.39, 0.29) is 28.5 Å². The van der Waals surface area contributed by atoms with Gasteiger partial charge in [-0.05, 0) is 23.8 Å². The van der Waals surface area contributed by atoms with Crippen LogP contribution in [-0.4, -0.2) is 26.6 Å². The van der Waals surface area contributed by atoms with E-state index in [2.05, 4.69) is 15.4 Å². The molecule has 0 saturated heterocycles. The third-order valence-corrected chi connectivity index (χ3v) is 4.57. The summed E-state index contributed by atoms with van der Waals surface area (Å²) in [6.07, 6.45) is 0.238. The van der Waals surface area contributed by atoms with Gasteiger partial charge in [0.05, 0.1) is 0 Å². The highest BCUT2D eigenvalue weighted by Crippen LogP contribution is 2.26. The maximum atomic E-state index is 13.4. The second-order valence-corrected chi connectivity index (χ2v) is 6.68. The van der Waals surface area contributed by atoms with Crippen molar-refractivity contribution in [3.05, 3.63) is 74.4 Å². The molecule has 0 unspecified atom stereocenters. The number of thiazole rings is 1. The molecule has 10 heteroatoms. The largest absolute Gasteiger partial charge is 0.364 e. The number of aromatic nitrogens is 3. The maximum absolute atomic E-state index is 13.4. The summed E-state index contributed by atoms with van der Waals surface area (Å²) >= 11 is 1.06. The van der Waals surface area contributed by atoms with Gasteiger partial charge < -0.3 is 5.73 Å². The first-order valence-electron chi connectivity index (χ1n) is 7.73. The van der Waals surface area contributed by atoms with E-state index in [4.69, 9.17) is 5.73 Å². The van der Waals surface area contributed by atoms with E-state index in [1.807, 2.05) is 0 Å². The number of amides is 2. The molecule has 27 heavy (non-hydrogen) atoms. The van der Waals surface area contributed by atoms with Crippen LogP contribution in [-0.2, 0) is 13.5 Å². The van der Waals surface area contributed by atoms with Crippen LogP contribution in [0.15, 0.2) is 41.2 Å². The first kappa shape index (κ1) is 18.4. The molecule has 2 heterocycles. The van der Waals surface area contributed by atoms with Crippen molar-refractivity contribution in [1.29, 1.82) is 0 Å². The number of nitrogens with one attached hydrogen (secondary N) is 1. The predicted octanol–water partition coefficient (Wildman–Crippen LogP) is 1.32. The molecule has 3 N–H and O–H groups in total. The summed E-state index contributed by atoms with van der Waals surface area (Å²) in [5.41, 5.74) is 5.66. The van der Waals surface area contributed by atoms with Crippen LogP contribution < -0.4 is 16.6 Å². The lowest BCUT2D eigenvalue weighted by atomic mass is 10.1. The maximum Gasteiger partial charge on any atom is 0.277 e. The van der Waals surface area contributed by atoms with Crippen LogP contribution in [0.1, 0.15) is 31.4 Å². The molecule has 3 rings (SSSR count). The molecule has 0 aliphatic carbocycles. The van der Waals surface area contributed by atoms with Crippen LogP contribution in [0.3, 0.4) is 0 Å². The van der Waals surface area contributed by atoms with Gasteiger partial charge in [0.25, 0.3) is 17.4 Å². The van der Waals surface area contributed by atoms with E-state index in [9.17, 15) is 18.8 Å². The van der Waals surface area contributed by atoms with Crippen LogP contribution in [0.25, 0.3) is 0 Å². The fourth-order valence-electron chi connectivity index (χ4n) is 2.33. The SMILES string of the molecule is Cn1nc(C(=O)Nc2nc(C(N)=O)c(Cc3cccc(F)c3)s2)ccc1=O. The topological polar surface area (TPSA) is 120 Å². The Morgan fingerprint density at radius 2 is 2.07 bits per heavy atom. The highest BCUT2D eigenvalue weighted by atomic mass is 32.1. The lowest BCUT2D eigenvalue weighted by molar-refractivity contribution is 0.0990. The van der Waals surface area contributed by atoms with E-state index < -0.39 is 17.6 Å². The Kier molecular flexibility index (Phi) is 5.08. The van der Waals surface area contributed by atoms with Crippen molar-refractivity contribution >= 4 is 28.3 Å². The third kappa shape index (κ3) is 4.23. The van der Waals surface area contributed by atoms with Gasteiger partial charge in [0.15, 0.2) is 5.13 Å². The Bertz CT molecular complexity index is 1090. The van der Waals surface area contributed by atoms with Gasteiger partial charge >= 0.3 is 0 Å². The van der Waals surface area contributed by atoms with Crippen molar-refractivity contribution < 1.29 is 14.0 Å². The Morgan fingerprint density at radius 3 is 2.74 bits per heavy atom. The molecule has 0 aliphatic heterocycles. The van der Waals surface area contributed by atoms with Crippen LogP contribution in [0.2, 0.25) is 0 Å². The Hall–Kier alpha value is -3.40. The predicted molar refractivity (Wildman–Crippen MR) is 97.3 cm³/mol. The van der Waals surface area contributed by atoms with Gasteiger partial charge in [-0.2, -0.15) is 5.10 Å². The Morgan fingerprint density at radius 1 is 1.30 bits per heavy atom. The number of benzene rings is 1. The molecular formula is C17H14FN5O3S. The van der Waals surface area contributed by atoms with Crippen LogP contribution >= 0.6 is 11.3 Å². The van der Waals surface area contributed by atoms with Crippen LogP contribution in [0.4, 0.5) is 9.52 Å². The first-order chi connectivity index (χ1) is 12.8. The number of carbonyl (C=O) groups excluding carboxylic acids is 2. The minimum absolute atomic E-state index is 0.00739. The third-order valence-electron chi connectivity index (χ3n) is 3.60. The number of primary amides is 1. The second-order valence-electron chi connectivity index (χ2n) is 5.60. The quantitative estimate of drug-likeness (QED) is 0.684. The molecule has 8 nitrogen and oxygen atoms in total. The lowest BCUT2D eigenvalue weighted by Crippen LogP contribution is -2.23. The zero-order valence-electron chi connectivity index (χ0n) is 14.1. The van der Waals surface area contributed by atoms with Crippen molar-refractivity contribution in [2.75, 3.05) is 5.32 Å². The summed E-state index contributed by atoms with van der Waals surface area (Å²) in [6, 6.07) is 8.43. The molecule has 2 amide bonds. The van der Waals surface area contributed by atoms with Gasteiger partial charge in [0.1, 0.15) is 17.2 Å². The van der Waals surface area contributed by atoms with E-state index in [0.717, 1.165) is 16.0 Å².